The van der Waals surface area contributed by atoms with Gasteiger partial charge in [0.05, 0.1) is 11.0 Å². The van der Waals surface area contributed by atoms with Crippen LogP contribution in [0, 0.1) is 15.9 Å². The van der Waals surface area contributed by atoms with Crippen LogP contribution in [-0.2, 0) is 11.3 Å². The van der Waals surface area contributed by atoms with E-state index in [1.807, 2.05) is 13.8 Å². The Morgan fingerprint density at radius 2 is 2.28 bits per heavy atom. The minimum atomic E-state index is -0.779. The second-order valence-corrected chi connectivity index (χ2v) is 3.90. The van der Waals surface area contributed by atoms with Crippen LogP contribution in [0.1, 0.15) is 19.4 Å². The van der Waals surface area contributed by atoms with Crippen molar-refractivity contribution in [2.45, 2.75) is 26.5 Å². The van der Waals surface area contributed by atoms with Crippen molar-refractivity contribution in [3.05, 3.63) is 39.7 Å². The zero-order chi connectivity index (χ0) is 13.5. The van der Waals surface area contributed by atoms with Crippen molar-refractivity contribution in [2.75, 3.05) is 13.2 Å². The third kappa shape index (κ3) is 4.05. The molecule has 0 aliphatic carbocycles. The van der Waals surface area contributed by atoms with Crippen molar-refractivity contribution in [2.24, 2.45) is 0 Å². The summed E-state index contributed by atoms with van der Waals surface area (Å²) in [5, 5.41) is 13.6. The molecule has 1 aromatic carbocycles. The minimum absolute atomic E-state index is 0.0248. The minimum Gasteiger partial charge on any atom is -0.377 e. The summed E-state index contributed by atoms with van der Waals surface area (Å²) >= 11 is 0. The molecule has 0 aromatic heterocycles. The number of nitrogens with one attached hydrogen (secondary N) is 1. The molecule has 1 N–H and O–H groups in total. The van der Waals surface area contributed by atoms with Crippen LogP contribution in [0.15, 0.2) is 18.2 Å². The maximum Gasteiger partial charge on any atom is 0.305 e. The number of nitro benzene ring substituents is 1. The summed E-state index contributed by atoms with van der Waals surface area (Å²) in [4.78, 5) is 9.85. The summed E-state index contributed by atoms with van der Waals surface area (Å²) < 4.78 is 19.0. The summed E-state index contributed by atoms with van der Waals surface area (Å²) in [5.41, 5.74) is -0.208. The molecule has 0 radical (unpaired) electrons. The molecule has 0 amide bonds. The lowest BCUT2D eigenvalue weighted by molar-refractivity contribution is -0.387. The lowest BCUT2D eigenvalue weighted by Crippen LogP contribution is -2.26. The molecule has 1 rings (SSSR count). The second kappa shape index (κ2) is 7.03. The highest BCUT2D eigenvalue weighted by molar-refractivity contribution is 5.36. The normalized spacial score (nSPS) is 12.4. The molecule has 0 aliphatic heterocycles. The first kappa shape index (κ1) is 14.5. The Morgan fingerprint density at radius 3 is 2.89 bits per heavy atom. The average Bonchev–Trinajstić information content (AvgIpc) is 2.31. The summed E-state index contributed by atoms with van der Waals surface area (Å²) in [6, 6.07) is 4.16. The van der Waals surface area contributed by atoms with Gasteiger partial charge in [0.1, 0.15) is 0 Å². The van der Waals surface area contributed by atoms with Crippen molar-refractivity contribution in [3.63, 3.8) is 0 Å². The first-order valence-corrected chi connectivity index (χ1v) is 5.80. The number of hydrogen-bond acceptors (Lipinski definition) is 4. The molecule has 5 nitrogen and oxygen atoms in total. The first-order chi connectivity index (χ1) is 8.56. The monoisotopic (exact) mass is 256 g/mol. The van der Waals surface area contributed by atoms with E-state index in [1.165, 1.54) is 12.1 Å². The van der Waals surface area contributed by atoms with Gasteiger partial charge in [-0.2, -0.15) is 4.39 Å². The summed E-state index contributed by atoms with van der Waals surface area (Å²) in [6.07, 6.45) is 0.0248. The summed E-state index contributed by atoms with van der Waals surface area (Å²) in [6.45, 7) is 5.23. The number of nitro groups is 1. The van der Waals surface area contributed by atoms with Gasteiger partial charge in [0, 0.05) is 31.3 Å². The first-order valence-electron chi connectivity index (χ1n) is 5.80. The molecule has 18 heavy (non-hydrogen) atoms. The van der Waals surface area contributed by atoms with Gasteiger partial charge >= 0.3 is 5.69 Å². The molecule has 1 unspecified atom stereocenters. The van der Waals surface area contributed by atoms with Crippen LogP contribution >= 0.6 is 0 Å². The fourth-order valence-corrected chi connectivity index (χ4v) is 1.60. The third-order valence-corrected chi connectivity index (χ3v) is 2.45. The Labute approximate surface area is 105 Å². The molecular formula is C12H17FN2O3. The molecule has 0 spiro atoms. The van der Waals surface area contributed by atoms with Gasteiger partial charge in [-0.1, -0.05) is 12.1 Å². The van der Waals surface area contributed by atoms with Gasteiger partial charge in [0.15, 0.2) is 0 Å². The Morgan fingerprint density at radius 1 is 1.56 bits per heavy atom. The quantitative estimate of drug-likeness (QED) is 0.600. The molecular weight excluding hydrogens is 239 g/mol. The highest BCUT2D eigenvalue weighted by atomic mass is 19.1. The largest absolute Gasteiger partial charge is 0.377 e. The summed E-state index contributed by atoms with van der Waals surface area (Å²) in [7, 11) is 0. The van der Waals surface area contributed by atoms with Crippen LogP contribution in [0.4, 0.5) is 10.1 Å². The Balaban J connectivity index is 2.57. The van der Waals surface area contributed by atoms with Crippen LogP contribution in [0.2, 0.25) is 0 Å². The van der Waals surface area contributed by atoms with Gasteiger partial charge in [-0.15, -0.1) is 0 Å². The van der Waals surface area contributed by atoms with Crippen LogP contribution in [-0.4, -0.2) is 24.2 Å². The van der Waals surface area contributed by atoms with E-state index < -0.39 is 16.4 Å². The zero-order valence-electron chi connectivity index (χ0n) is 10.5. The highest BCUT2D eigenvalue weighted by Crippen LogP contribution is 2.19. The predicted octanol–water partition coefficient (Wildman–Crippen LogP) is 2.25. The standard InChI is InChI=1S/C12H17FN2O3/c1-3-18-9(2)7-14-8-10-5-4-6-11(12(10)13)15(16)17/h4-6,9,14H,3,7-8H2,1-2H3. The number of halogens is 1. The number of hydrogen-bond donors (Lipinski definition) is 1. The van der Waals surface area contributed by atoms with Crippen molar-refractivity contribution in [1.29, 1.82) is 0 Å². The lowest BCUT2D eigenvalue weighted by Gasteiger charge is -2.12. The van der Waals surface area contributed by atoms with Crippen molar-refractivity contribution < 1.29 is 14.1 Å². The fourth-order valence-electron chi connectivity index (χ4n) is 1.60. The van der Waals surface area contributed by atoms with Gasteiger partial charge in [0.2, 0.25) is 5.82 Å². The van der Waals surface area contributed by atoms with Gasteiger partial charge in [-0.25, -0.2) is 0 Å². The molecule has 0 fully saturated rings. The van der Waals surface area contributed by atoms with Crippen LogP contribution < -0.4 is 5.32 Å². The maximum absolute atomic E-state index is 13.7. The molecule has 1 atom stereocenters. The maximum atomic E-state index is 13.7. The van der Waals surface area contributed by atoms with Crippen molar-refractivity contribution >= 4 is 5.69 Å². The van der Waals surface area contributed by atoms with Gasteiger partial charge in [-0.3, -0.25) is 10.1 Å². The Hall–Kier alpha value is -1.53. The number of nitrogens with zero attached hydrogens (tertiary/aromatic N) is 1. The van der Waals surface area contributed by atoms with Crippen LogP contribution in [0.25, 0.3) is 0 Å². The number of ether oxygens (including phenoxy) is 1. The van der Waals surface area contributed by atoms with E-state index in [0.29, 0.717) is 13.2 Å². The Kier molecular flexibility index (Phi) is 5.67. The molecule has 0 bridgehead atoms. The van der Waals surface area contributed by atoms with E-state index in [1.54, 1.807) is 0 Å². The van der Waals surface area contributed by atoms with Gasteiger partial charge in [-0.05, 0) is 13.8 Å². The van der Waals surface area contributed by atoms with Crippen LogP contribution in [0.5, 0.6) is 0 Å². The molecule has 0 heterocycles. The van der Waals surface area contributed by atoms with E-state index in [4.69, 9.17) is 4.74 Å². The smallest absolute Gasteiger partial charge is 0.305 e. The van der Waals surface area contributed by atoms with Crippen molar-refractivity contribution in [1.82, 2.24) is 5.32 Å². The lowest BCUT2D eigenvalue weighted by atomic mass is 10.2. The topological polar surface area (TPSA) is 64.4 Å². The zero-order valence-corrected chi connectivity index (χ0v) is 10.5. The van der Waals surface area contributed by atoms with E-state index in [-0.39, 0.29) is 18.2 Å². The second-order valence-electron chi connectivity index (χ2n) is 3.90. The highest BCUT2D eigenvalue weighted by Gasteiger charge is 2.16. The van der Waals surface area contributed by atoms with Crippen LogP contribution in [0.3, 0.4) is 0 Å². The van der Waals surface area contributed by atoms with E-state index in [2.05, 4.69) is 5.32 Å². The Bertz CT molecular complexity index is 412. The fraction of sp³-hybridized carbons (Fsp3) is 0.500. The van der Waals surface area contributed by atoms with Crippen molar-refractivity contribution in [3.8, 4) is 0 Å². The average molecular weight is 256 g/mol. The molecule has 100 valence electrons. The van der Waals surface area contributed by atoms with Gasteiger partial charge in [0.25, 0.3) is 0 Å². The molecule has 6 heteroatoms. The predicted molar refractivity (Wildman–Crippen MR) is 65.8 cm³/mol. The third-order valence-electron chi connectivity index (χ3n) is 2.45. The number of benzene rings is 1. The molecule has 1 aromatic rings. The molecule has 0 aliphatic rings. The van der Waals surface area contributed by atoms with E-state index in [0.717, 1.165) is 6.07 Å². The van der Waals surface area contributed by atoms with E-state index >= 15 is 0 Å². The summed E-state index contributed by atoms with van der Waals surface area (Å²) in [5.74, 6) is -0.779. The SMILES string of the molecule is CCOC(C)CNCc1cccc([N+](=O)[O-])c1F. The van der Waals surface area contributed by atoms with E-state index in [9.17, 15) is 14.5 Å². The molecule has 0 saturated heterocycles. The number of rotatable bonds is 7. The van der Waals surface area contributed by atoms with Gasteiger partial charge < -0.3 is 10.1 Å². The molecule has 0 saturated carbocycles.